The summed E-state index contributed by atoms with van der Waals surface area (Å²) < 4.78 is 11.0. The fraction of sp³-hybridized carbons (Fsp3) is 0.200. The zero-order valence-electron chi connectivity index (χ0n) is 23.2. The Balaban J connectivity index is 1.08. The molecule has 6 heteroatoms. The molecular formula is C35H32O2S4. The summed E-state index contributed by atoms with van der Waals surface area (Å²) in [6, 6.07) is 35.8. The van der Waals surface area contributed by atoms with E-state index in [4.69, 9.17) is 9.47 Å². The molecule has 208 valence electrons. The minimum atomic E-state index is 0.663. The van der Waals surface area contributed by atoms with Crippen LogP contribution in [-0.2, 0) is 15.9 Å². The molecule has 2 aromatic carbocycles. The van der Waals surface area contributed by atoms with Crippen molar-refractivity contribution in [1.82, 2.24) is 0 Å². The molecule has 0 amide bonds. The van der Waals surface area contributed by atoms with E-state index < -0.39 is 0 Å². The summed E-state index contributed by atoms with van der Waals surface area (Å²) in [6.45, 7) is 6.98. The molecular weight excluding hydrogens is 581 g/mol. The van der Waals surface area contributed by atoms with E-state index in [0.29, 0.717) is 13.2 Å². The van der Waals surface area contributed by atoms with Crippen molar-refractivity contribution in [3.8, 4) is 51.5 Å². The summed E-state index contributed by atoms with van der Waals surface area (Å²) in [5.74, 6) is 0. The van der Waals surface area contributed by atoms with Gasteiger partial charge in [-0.1, -0.05) is 48.5 Å². The van der Waals surface area contributed by atoms with Crippen LogP contribution in [-0.4, -0.2) is 26.4 Å². The Kier molecular flexibility index (Phi) is 9.26. The highest BCUT2D eigenvalue weighted by Crippen LogP contribution is 2.40. The first-order chi connectivity index (χ1) is 20.2. The van der Waals surface area contributed by atoms with E-state index in [-0.39, 0.29) is 0 Å². The van der Waals surface area contributed by atoms with E-state index in [2.05, 4.69) is 104 Å². The number of hydrogen-bond donors (Lipinski definition) is 0. The highest BCUT2D eigenvalue weighted by atomic mass is 32.1. The molecule has 4 heterocycles. The van der Waals surface area contributed by atoms with Crippen LogP contribution in [0.3, 0.4) is 0 Å². The second-order valence-electron chi connectivity index (χ2n) is 9.72. The molecule has 0 atom stereocenters. The lowest BCUT2D eigenvalue weighted by Gasteiger charge is -2.05. The number of aryl methyl sites for hydroxylation is 1. The minimum Gasteiger partial charge on any atom is -0.379 e. The van der Waals surface area contributed by atoms with E-state index in [1.54, 1.807) is 0 Å². The third-order valence-corrected chi connectivity index (χ3v) is 11.6. The molecule has 0 saturated carbocycles. The third kappa shape index (κ3) is 6.97. The van der Waals surface area contributed by atoms with Crippen molar-refractivity contribution in [1.29, 1.82) is 0 Å². The van der Waals surface area contributed by atoms with Gasteiger partial charge in [-0.05, 0) is 84.6 Å². The molecule has 0 saturated heterocycles. The first kappa shape index (κ1) is 28.3. The Morgan fingerprint density at radius 3 is 1.46 bits per heavy atom. The fourth-order valence-corrected chi connectivity index (χ4v) is 8.71. The van der Waals surface area contributed by atoms with E-state index in [1.807, 2.05) is 52.3 Å². The van der Waals surface area contributed by atoms with Gasteiger partial charge in [0.2, 0.25) is 0 Å². The minimum absolute atomic E-state index is 0.663. The molecule has 6 aromatic rings. The van der Waals surface area contributed by atoms with Gasteiger partial charge in [0.15, 0.2) is 0 Å². The smallest absolute Gasteiger partial charge is 0.0700 e. The van der Waals surface area contributed by atoms with E-state index in [1.165, 1.54) is 61.3 Å². The maximum absolute atomic E-state index is 5.69. The normalized spacial score (nSPS) is 11.4. The summed E-state index contributed by atoms with van der Waals surface area (Å²) in [5, 5.41) is 0. The standard InChI is InChI=1S/C35H32O2S4/c1-3-36-22-23-37-21-20-29-13-15-33(39-29)35-19-17-31(41-35)28-11-7-26(8-12-28)25-5-9-27(10-6-25)30-16-18-34(40-30)32-14-4-24(2)38-32/h4-19H,3,20-23H2,1-2H3. The van der Waals surface area contributed by atoms with Gasteiger partial charge >= 0.3 is 0 Å². The molecule has 0 radical (unpaired) electrons. The van der Waals surface area contributed by atoms with Crippen LogP contribution < -0.4 is 0 Å². The third-order valence-electron chi connectivity index (χ3n) is 6.84. The van der Waals surface area contributed by atoms with Gasteiger partial charge in [0, 0.05) is 52.0 Å². The van der Waals surface area contributed by atoms with E-state index in [0.717, 1.165) is 19.6 Å². The van der Waals surface area contributed by atoms with Crippen LogP contribution in [0.25, 0.3) is 51.5 Å². The molecule has 0 bridgehead atoms. The Bertz CT molecular complexity index is 1680. The van der Waals surface area contributed by atoms with E-state index >= 15 is 0 Å². The Morgan fingerprint density at radius 1 is 0.439 bits per heavy atom. The zero-order valence-corrected chi connectivity index (χ0v) is 26.5. The van der Waals surface area contributed by atoms with Crippen LogP contribution in [0, 0.1) is 6.92 Å². The molecule has 0 aliphatic carbocycles. The molecule has 0 spiro atoms. The van der Waals surface area contributed by atoms with E-state index in [9.17, 15) is 0 Å². The summed E-state index contributed by atoms with van der Waals surface area (Å²) in [4.78, 5) is 10.7. The first-order valence-electron chi connectivity index (χ1n) is 13.9. The monoisotopic (exact) mass is 612 g/mol. The van der Waals surface area contributed by atoms with Gasteiger partial charge in [-0.3, -0.25) is 0 Å². The maximum Gasteiger partial charge on any atom is 0.0700 e. The molecule has 6 rings (SSSR count). The fourth-order valence-electron chi connectivity index (χ4n) is 4.65. The van der Waals surface area contributed by atoms with Crippen molar-refractivity contribution < 1.29 is 9.47 Å². The van der Waals surface area contributed by atoms with Crippen LogP contribution in [0.1, 0.15) is 16.7 Å². The molecule has 2 nitrogen and oxygen atoms in total. The van der Waals surface area contributed by atoms with Crippen molar-refractivity contribution >= 4 is 45.3 Å². The number of benzene rings is 2. The first-order valence-corrected chi connectivity index (χ1v) is 17.1. The van der Waals surface area contributed by atoms with Crippen molar-refractivity contribution in [2.75, 3.05) is 26.4 Å². The van der Waals surface area contributed by atoms with Crippen LogP contribution in [0.4, 0.5) is 0 Å². The Labute approximate surface area is 258 Å². The predicted molar refractivity (Wildman–Crippen MR) is 181 cm³/mol. The maximum atomic E-state index is 5.69. The lowest BCUT2D eigenvalue weighted by molar-refractivity contribution is 0.0543. The summed E-state index contributed by atoms with van der Waals surface area (Å²) in [6.07, 6.45) is 0.945. The second kappa shape index (κ2) is 13.4. The van der Waals surface area contributed by atoms with Gasteiger partial charge in [0.1, 0.15) is 0 Å². The summed E-state index contributed by atoms with van der Waals surface area (Å²) in [7, 11) is 0. The molecule has 0 aliphatic heterocycles. The van der Waals surface area contributed by atoms with Gasteiger partial charge in [0.05, 0.1) is 19.8 Å². The molecule has 0 aliphatic rings. The molecule has 0 unspecified atom stereocenters. The average Bonchev–Trinajstić information content (AvgIpc) is 3.82. The Morgan fingerprint density at radius 2 is 0.902 bits per heavy atom. The van der Waals surface area contributed by atoms with Crippen LogP contribution in [0.15, 0.2) is 97.1 Å². The van der Waals surface area contributed by atoms with Crippen LogP contribution >= 0.6 is 45.3 Å². The van der Waals surface area contributed by atoms with Crippen molar-refractivity contribution in [3.05, 3.63) is 107 Å². The molecule has 4 aromatic heterocycles. The number of ether oxygens (including phenoxy) is 2. The molecule has 0 fully saturated rings. The Hall–Kier alpha value is -2.84. The van der Waals surface area contributed by atoms with Crippen molar-refractivity contribution in [3.63, 3.8) is 0 Å². The van der Waals surface area contributed by atoms with Gasteiger partial charge in [0.25, 0.3) is 0 Å². The highest BCUT2D eigenvalue weighted by molar-refractivity contribution is 7.24. The lowest BCUT2D eigenvalue weighted by Crippen LogP contribution is -2.05. The zero-order chi connectivity index (χ0) is 28.0. The largest absolute Gasteiger partial charge is 0.379 e. The highest BCUT2D eigenvalue weighted by Gasteiger charge is 2.10. The topological polar surface area (TPSA) is 18.5 Å². The van der Waals surface area contributed by atoms with Gasteiger partial charge in [-0.25, -0.2) is 0 Å². The number of rotatable bonds is 12. The summed E-state index contributed by atoms with van der Waals surface area (Å²) >= 11 is 7.44. The lowest BCUT2D eigenvalue weighted by atomic mass is 10.0. The van der Waals surface area contributed by atoms with Gasteiger partial charge < -0.3 is 9.47 Å². The second-order valence-corrected chi connectivity index (χ2v) is 14.3. The predicted octanol–water partition coefficient (Wildman–Crippen LogP) is 11.2. The van der Waals surface area contributed by atoms with Crippen molar-refractivity contribution in [2.24, 2.45) is 0 Å². The quantitative estimate of drug-likeness (QED) is 0.128. The SMILES string of the molecule is CCOCCOCCc1ccc(-c2ccc(-c3ccc(-c4ccc(-c5ccc(-c6ccc(C)s6)s5)cc4)cc3)s2)s1. The summed E-state index contributed by atoms with van der Waals surface area (Å²) in [5.41, 5.74) is 5.01. The van der Waals surface area contributed by atoms with Gasteiger partial charge in [-0.2, -0.15) is 0 Å². The van der Waals surface area contributed by atoms with Crippen LogP contribution in [0.2, 0.25) is 0 Å². The van der Waals surface area contributed by atoms with Crippen molar-refractivity contribution in [2.45, 2.75) is 20.3 Å². The van der Waals surface area contributed by atoms with Crippen LogP contribution in [0.5, 0.6) is 0 Å². The molecule has 0 N–H and O–H groups in total. The van der Waals surface area contributed by atoms with Gasteiger partial charge in [-0.15, -0.1) is 45.3 Å². The average molecular weight is 613 g/mol. The number of hydrogen-bond acceptors (Lipinski definition) is 6. The number of thiophene rings is 4. The molecule has 41 heavy (non-hydrogen) atoms.